The summed E-state index contributed by atoms with van der Waals surface area (Å²) in [6.07, 6.45) is 1.08. The van der Waals surface area contributed by atoms with Crippen LogP contribution in [0.15, 0.2) is 24.3 Å². The van der Waals surface area contributed by atoms with E-state index in [2.05, 4.69) is 57.0 Å². The van der Waals surface area contributed by atoms with Crippen LogP contribution in [0.5, 0.6) is 0 Å². The fourth-order valence-corrected chi connectivity index (χ4v) is 1.92. The van der Waals surface area contributed by atoms with E-state index in [4.69, 9.17) is 0 Å². The van der Waals surface area contributed by atoms with Crippen LogP contribution < -0.4 is 4.90 Å². The fraction of sp³-hybridized carbons (Fsp3) is 0.600. The maximum absolute atomic E-state index is 9.35. The van der Waals surface area contributed by atoms with Crippen molar-refractivity contribution in [3.63, 3.8) is 0 Å². The van der Waals surface area contributed by atoms with Crippen LogP contribution in [0.2, 0.25) is 0 Å². The molecule has 1 N–H and O–H groups in total. The van der Waals surface area contributed by atoms with Crippen LogP contribution in [0.4, 0.5) is 5.69 Å². The maximum Gasteiger partial charge on any atom is 0.0478 e. The number of nitrogens with zero attached hydrogens (tertiary/aromatic N) is 1. The van der Waals surface area contributed by atoms with E-state index in [9.17, 15) is 5.11 Å². The summed E-state index contributed by atoms with van der Waals surface area (Å²) >= 11 is 0. The molecular formula is C15H25NO. The smallest absolute Gasteiger partial charge is 0.0478 e. The van der Waals surface area contributed by atoms with Gasteiger partial charge in [0.2, 0.25) is 0 Å². The number of anilines is 1. The second kappa shape index (κ2) is 6.65. The molecule has 1 aromatic carbocycles. The molecule has 0 radical (unpaired) electrons. The molecule has 1 atom stereocenters. The van der Waals surface area contributed by atoms with Crippen molar-refractivity contribution in [2.45, 2.75) is 27.2 Å². The number of hydrogen-bond donors (Lipinski definition) is 1. The molecule has 2 nitrogen and oxygen atoms in total. The van der Waals surface area contributed by atoms with E-state index in [0.717, 1.165) is 13.0 Å². The minimum Gasteiger partial charge on any atom is -0.396 e. The van der Waals surface area contributed by atoms with E-state index < -0.39 is 0 Å². The molecule has 0 aliphatic heterocycles. The number of hydrogen-bond acceptors (Lipinski definition) is 2. The molecule has 2 heteroatoms. The third-order valence-corrected chi connectivity index (χ3v) is 3.47. The zero-order chi connectivity index (χ0) is 12.8. The number of rotatable bonds is 6. The molecule has 0 aliphatic carbocycles. The zero-order valence-electron chi connectivity index (χ0n) is 11.5. The van der Waals surface area contributed by atoms with Gasteiger partial charge in [-0.2, -0.15) is 0 Å². The first kappa shape index (κ1) is 14.0. The second-order valence-corrected chi connectivity index (χ2v) is 5.09. The highest BCUT2D eigenvalue weighted by Gasteiger charge is 2.14. The van der Waals surface area contributed by atoms with Gasteiger partial charge in [0.05, 0.1) is 0 Å². The van der Waals surface area contributed by atoms with Gasteiger partial charge in [-0.25, -0.2) is 0 Å². The lowest BCUT2D eigenvalue weighted by Crippen LogP contribution is -2.30. The monoisotopic (exact) mass is 235 g/mol. The summed E-state index contributed by atoms with van der Waals surface area (Å²) in [7, 11) is 2.09. The Kier molecular flexibility index (Phi) is 5.49. The highest BCUT2D eigenvalue weighted by Crippen LogP contribution is 2.18. The van der Waals surface area contributed by atoms with Gasteiger partial charge in [-0.1, -0.05) is 32.9 Å². The third kappa shape index (κ3) is 4.04. The molecular weight excluding hydrogens is 210 g/mol. The lowest BCUT2D eigenvalue weighted by molar-refractivity contribution is 0.193. The molecule has 0 aromatic heterocycles. The van der Waals surface area contributed by atoms with Crippen molar-refractivity contribution in [3.05, 3.63) is 29.8 Å². The Morgan fingerprint density at radius 1 is 1.18 bits per heavy atom. The summed E-state index contributed by atoms with van der Waals surface area (Å²) in [5.41, 5.74) is 2.59. The Bertz CT molecular complexity index is 318. The van der Waals surface area contributed by atoms with Crippen molar-refractivity contribution >= 4 is 5.69 Å². The first-order chi connectivity index (χ1) is 8.08. The van der Waals surface area contributed by atoms with Gasteiger partial charge in [0.25, 0.3) is 0 Å². The Morgan fingerprint density at radius 2 is 1.76 bits per heavy atom. The highest BCUT2D eigenvalue weighted by atomic mass is 16.3. The van der Waals surface area contributed by atoms with E-state index in [1.807, 2.05) is 0 Å². The minimum atomic E-state index is 0.259. The SMILES string of the molecule is CCc1ccc(N(C)CC(CO)C(C)C)cc1. The molecule has 0 aliphatic rings. The predicted octanol–water partition coefficient (Wildman–Crippen LogP) is 2.95. The Hall–Kier alpha value is -1.02. The summed E-state index contributed by atoms with van der Waals surface area (Å²) in [5.74, 6) is 0.850. The topological polar surface area (TPSA) is 23.5 Å². The van der Waals surface area contributed by atoms with Gasteiger partial charge in [-0.3, -0.25) is 0 Å². The van der Waals surface area contributed by atoms with Gasteiger partial charge >= 0.3 is 0 Å². The molecule has 17 heavy (non-hydrogen) atoms. The van der Waals surface area contributed by atoms with Crippen LogP contribution in [0, 0.1) is 11.8 Å². The summed E-state index contributed by atoms with van der Waals surface area (Å²) < 4.78 is 0. The van der Waals surface area contributed by atoms with Crippen LogP contribution in [0.1, 0.15) is 26.3 Å². The van der Waals surface area contributed by atoms with Crippen LogP contribution in [-0.2, 0) is 6.42 Å². The molecule has 0 saturated heterocycles. The molecule has 0 bridgehead atoms. The van der Waals surface area contributed by atoms with E-state index >= 15 is 0 Å². The van der Waals surface area contributed by atoms with Gasteiger partial charge in [0, 0.05) is 31.8 Å². The summed E-state index contributed by atoms with van der Waals surface area (Å²) in [4.78, 5) is 2.22. The van der Waals surface area contributed by atoms with E-state index in [1.165, 1.54) is 11.3 Å². The number of aliphatic hydroxyl groups is 1. The standard InChI is InChI=1S/C15H25NO/c1-5-13-6-8-15(9-7-13)16(4)10-14(11-17)12(2)3/h6-9,12,14,17H,5,10-11H2,1-4H3. The lowest BCUT2D eigenvalue weighted by Gasteiger charge is -2.27. The quantitative estimate of drug-likeness (QED) is 0.819. The van der Waals surface area contributed by atoms with Crippen LogP contribution in [0.3, 0.4) is 0 Å². The van der Waals surface area contributed by atoms with Crippen molar-refractivity contribution < 1.29 is 5.11 Å². The average Bonchev–Trinajstić information content (AvgIpc) is 2.35. The van der Waals surface area contributed by atoms with Crippen LogP contribution >= 0.6 is 0 Å². The molecule has 0 fully saturated rings. The fourth-order valence-electron chi connectivity index (χ4n) is 1.92. The van der Waals surface area contributed by atoms with Crippen LogP contribution in [-0.4, -0.2) is 25.3 Å². The Labute approximate surface area is 105 Å². The summed E-state index contributed by atoms with van der Waals surface area (Å²) in [5, 5.41) is 9.35. The van der Waals surface area contributed by atoms with Gasteiger partial charge in [0.1, 0.15) is 0 Å². The average molecular weight is 235 g/mol. The van der Waals surface area contributed by atoms with Gasteiger partial charge in [-0.05, 0) is 30.0 Å². The zero-order valence-corrected chi connectivity index (χ0v) is 11.5. The third-order valence-electron chi connectivity index (χ3n) is 3.47. The molecule has 0 amide bonds. The number of aliphatic hydroxyl groups excluding tert-OH is 1. The van der Waals surface area contributed by atoms with Gasteiger partial charge in [0.15, 0.2) is 0 Å². The van der Waals surface area contributed by atoms with Gasteiger partial charge in [-0.15, -0.1) is 0 Å². The molecule has 0 spiro atoms. The molecule has 96 valence electrons. The first-order valence-corrected chi connectivity index (χ1v) is 6.49. The Morgan fingerprint density at radius 3 is 2.18 bits per heavy atom. The summed E-state index contributed by atoms with van der Waals surface area (Å²) in [6.45, 7) is 7.65. The molecule has 0 heterocycles. The normalized spacial score (nSPS) is 12.8. The Balaban J connectivity index is 2.65. The molecule has 1 rings (SSSR count). The molecule has 1 aromatic rings. The summed E-state index contributed by atoms with van der Waals surface area (Å²) in [6, 6.07) is 8.67. The van der Waals surface area contributed by atoms with E-state index in [-0.39, 0.29) is 6.61 Å². The largest absolute Gasteiger partial charge is 0.396 e. The molecule has 0 saturated carbocycles. The first-order valence-electron chi connectivity index (χ1n) is 6.49. The lowest BCUT2D eigenvalue weighted by atomic mass is 9.96. The van der Waals surface area contributed by atoms with E-state index in [0.29, 0.717) is 11.8 Å². The highest BCUT2D eigenvalue weighted by molar-refractivity contribution is 5.46. The second-order valence-electron chi connectivity index (χ2n) is 5.09. The van der Waals surface area contributed by atoms with Crippen molar-refractivity contribution in [3.8, 4) is 0 Å². The minimum absolute atomic E-state index is 0.259. The van der Waals surface area contributed by atoms with Crippen molar-refractivity contribution in [2.75, 3.05) is 25.1 Å². The number of aryl methyl sites for hydroxylation is 1. The molecule has 1 unspecified atom stereocenters. The van der Waals surface area contributed by atoms with Crippen molar-refractivity contribution in [1.82, 2.24) is 0 Å². The predicted molar refractivity (Wildman–Crippen MR) is 74.5 cm³/mol. The van der Waals surface area contributed by atoms with Crippen molar-refractivity contribution in [1.29, 1.82) is 0 Å². The van der Waals surface area contributed by atoms with Crippen LogP contribution in [0.25, 0.3) is 0 Å². The van der Waals surface area contributed by atoms with Gasteiger partial charge < -0.3 is 10.0 Å². The number of benzene rings is 1. The maximum atomic E-state index is 9.35. The van der Waals surface area contributed by atoms with Crippen molar-refractivity contribution in [2.24, 2.45) is 11.8 Å². The van der Waals surface area contributed by atoms with E-state index in [1.54, 1.807) is 0 Å².